The SMILES string of the molecule is COCC(C)NC(=O)c1cnn2ccc(N3CCCC3)nc12. The van der Waals surface area contributed by atoms with Crippen molar-refractivity contribution in [2.45, 2.75) is 25.8 Å². The predicted molar refractivity (Wildman–Crippen MR) is 83.2 cm³/mol. The fourth-order valence-electron chi connectivity index (χ4n) is 2.74. The minimum Gasteiger partial charge on any atom is -0.383 e. The molecule has 0 aliphatic carbocycles. The van der Waals surface area contributed by atoms with Gasteiger partial charge in [0.1, 0.15) is 11.4 Å². The van der Waals surface area contributed by atoms with Gasteiger partial charge in [-0.3, -0.25) is 4.79 Å². The van der Waals surface area contributed by atoms with Gasteiger partial charge in [0.25, 0.3) is 5.91 Å². The Hall–Kier alpha value is -2.15. The molecule has 1 fully saturated rings. The molecule has 0 saturated carbocycles. The lowest BCUT2D eigenvalue weighted by molar-refractivity contribution is 0.0907. The fraction of sp³-hybridized carbons (Fsp3) is 0.533. The van der Waals surface area contributed by atoms with E-state index in [0.29, 0.717) is 17.8 Å². The van der Waals surface area contributed by atoms with Crippen LogP contribution in [0.25, 0.3) is 5.65 Å². The molecule has 1 aliphatic heterocycles. The van der Waals surface area contributed by atoms with E-state index >= 15 is 0 Å². The van der Waals surface area contributed by atoms with Crippen LogP contribution in [0.3, 0.4) is 0 Å². The second-order valence-electron chi connectivity index (χ2n) is 5.64. The summed E-state index contributed by atoms with van der Waals surface area (Å²) in [6, 6.07) is 1.88. The summed E-state index contributed by atoms with van der Waals surface area (Å²) in [6.07, 6.45) is 5.79. The molecule has 2 aromatic heterocycles. The third kappa shape index (κ3) is 2.89. The molecule has 1 N–H and O–H groups in total. The number of ether oxygens (including phenoxy) is 1. The number of anilines is 1. The Labute approximate surface area is 129 Å². The third-order valence-corrected chi connectivity index (χ3v) is 3.82. The van der Waals surface area contributed by atoms with Gasteiger partial charge >= 0.3 is 0 Å². The van der Waals surface area contributed by atoms with Gasteiger partial charge in [0, 0.05) is 32.4 Å². The summed E-state index contributed by atoms with van der Waals surface area (Å²) in [5, 5.41) is 7.10. The van der Waals surface area contributed by atoms with Gasteiger partial charge in [0.15, 0.2) is 5.65 Å². The minimum atomic E-state index is -0.175. The minimum absolute atomic E-state index is 0.0609. The van der Waals surface area contributed by atoms with E-state index < -0.39 is 0 Å². The molecule has 118 valence electrons. The van der Waals surface area contributed by atoms with Crippen LogP contribution in [0.2, 0.25) is 0 Å². The summed E-state index contributed by atoms with van der Waals surface area (Å²) in [5.41, 5.74) is 1.08. The Bertz CT molecular complexity index is 663. The van der Waals surface area contributed by atoms with Crippen molar-refractivity contribution in [1.82, 2.24) is 19.9 Å². The number of amides is 1. The van der Waals surface area contributed by atoms with E-state index in [2.05, 4.69) is 20.3 Å². The standard InChI is InChI=1S/C15H21N5O2/c1-11(10-22-2)17-15(21)12-9-16-20-8-5-13(18-14(12)20)19-6-3-4-7-19/h5,8-9,11H,3-4,6-7,10H2,1-2H3,(H,17,21). The van der Waals surface area contributed by atoms with E-state index in [0.717, 1.165) is 18.9 Å². The zero-order valence-corrected chi connectivity index (χ0v) is 13.0. The van der Waals surface area contributed by atoms with Crippen LogP contribution in [0.5, 0.6) is 0 Å². The van der Waals surface area contributed by atoms with Gasteiger partial charge in [-0.1, -0.05) is 0 Å². The Morgan fingerprint density at radius 2 is 2.23 bits per heavy atom. The monoisotopic (exact) mass is 303 g/mol. The Morgan fingerprint density at radius 1 is 1.45 bits per heavy atom. The van der Waals surface area contributed by atoms with Crippen LogP contribution in [-0.4, -0.2) is 53.4 Å². The summed E-state index contributed by atoms with van der Waals surface area (Å²) in [5.74, 6) is 0.732. The molecule has 3 heterocycles. The lowest BCUT2D eigenvalue weighted by atomic mass is 10.2. The number of aromatic nitrogens is 3. The van der Waals surface area contributed by atoms with Crippen molar-refractivity contribution in [3.63, 3.8) is 0 Å². The number of fused-ring (bicyclic) bond motifs is 1. The average molecular weight is 303 g/mol. The highest BCUT2D eigenvalue weighted by Crippen LogP contribution is 2.19. The van der Waals surface area contributed by atoms with Gasteiger partial charge in [0.05, 0.1) is 12.8 Å². The van der Waals surface area contributed by atoms with Crippen LogP contribution in [0, 0.1) is 0 Å². The molecule has 0 spiro atoms. The van der Waals surface area contributed by atoms with Crippen LogP contribution >= 0.6 is 0 Å². The maximum absolute atomic E-state index is 12.4. The van der Waals surface area contributed by atoms with E-state index in [4.69, 9.17) is 4.74 Å². The number of rotatable bonds is 5. The van der Waals surface area contributed by atoms with Crippen molar-refractivity contribution in [3.05, 3.63) is 24.0 Å². The van der Waals surface area contributed by atoms with Crippen LogP contribution in [0.15, 0.2) is 18.5 Å². The first-order chi connectivity index (χ1) is 10.7. The first-order valence-corrected chi connectivity index (χ1v) is 7.58. The lowest BCUT2D eigenvalue weighted by Gasteiger charge is -2.16. The topological polar surface area (TPSA) is 71.8 Å². The molecule has 0 aromatic carbocycles. The zero-order valence-electron chi connectivity index (χ0n) is 13.0. The van der Waals surface area contributed by atoms with Crippen LogP contribution in [0.1, 0.15) is 30.1 Å². The Morgan fingerprint density at radius 3 is 2.95 bits per heavy atom. The molecule has 1 saturated heterocycles. The summed E-state index contributed by atoms with van der Waals surface area (Å²) in [7, 11) is 1.61. The van der Waals surface area contributed by atoms with E-state index in [1.54, 1.807) is 17.8 Å². The summed E-state index contributed by atoms with van der Waals surface area (Å²) < 4.78 is 6.67. The molecule has 1 atom stereocenters. The van der Waals surface area contributed by atoms with Crippen LogP contribution in [-0.2, 0) is 4.74 Å². The smallest absolute Gasteiger partial charge is 0.257 e. The lowest BCUT2D eigenvalue weighted by Crippen LogP contribution is -2.35. The predicted octanol–water partition coefficient (Wildman–Crippen LogP) is 1.09. The summed E-state index contributed by atoms with van der Waals surface area (Å²) in [6.45, 7) is 4.40. The Balaban J connectivity index is 1.86. The maximum atomic E-state index is 12.4. The third-order valence-electron chi connectivity index (χ3n) is 3.82. The Kier molecular flexibility index (Phi) is 4.24. The van der Waals surface area contributed by atoms with Crippen molar-refractivity contribution in [2.75, 3.05) is 31.7 Å². The largest absolute Gasteiger partial charge is 0.383 e. The molecule has 2 aromatic rings. The number of hydrogen-bond donors (Lipinski definition) is 1. The van der Waals surface area contributed by atoms with E-state index in [-0.39, 0.29) is 11.9 Å². The highest BCUT2D eigenvalue weighted by Gasteiger charge is 2.19. The molecular formula is C15H21N5O2. The number of nitrogens with zero attached hydrogens (tertiary/aromatic N) is 4. The number of hydrogen-bond acceptors (Lipinski definition) is 5. The summed E-state index contributed by atoms with van der Waals surface area (Å²) >= 11 is 0. The molecular weight excluding hydrogens is 282 g/mol. The van der Waals surface area contributed by atoms with Crippen molar-refractivity contribution in [2.24, 2.45) is 0 Å². The van der Waals surface area contributed by atoms with Crippen molar-refractivity contribution >= 4 is 17.4 Å². The molecule has 22 heavy (non-hydrogen) atoms. The molecule has 0 bridgehead atoms. The van der Waals surface area contributed by atoms with E-state index in [9.17, 15) is 4.79 Å². The second-order valence-corrected chi connectivity index (χ2v) is 5.64. The van der Waals surface area contributed by atoms with Gasteiger partial charge in [-0.25, -0.2) is 9.50 Å². The van der Waals surface area contributed by atoms with Crippen molar-refractivity contribution < 1.29 is 9.53 Å². The molecule has 3 rings (SSSR count). The molecule has 1 amide bonds. The van der Waals surface area contributed by atoms with Gasteiger partial charge < -0.3 is 15.0 Å². The molecule has 7 heteroatoms. The van der Waals surface area contributed by atoms with E-state index in [1.807, 2.05) is 19.2 Å². The second kappa shape index (κ2) is 6.31. The summed E-state index contributed by atoms with van der Waals surface area (Å²) in [4.78, 5) is 19.2. The van der Waals surface area contributed by atoms with Gasteiger partial charge in [-0.05, 0) is 25.8 Å². The zero-order chi connectivity index (χ0) is 15.5. The van der Waals surface area contributed by atoms with Crippen molar-refractivity contribution in [1.29, 1.82) is 0 Å². The van der Waals surface area contributed by atoms with Gasteiger partial charge in [-0.15, -0.1) is 0 Å². The number of carbonyl (C=O) groups excluding carboxylic acids is 1. The van der Waals surface area contributed by atoms with E-state index in [1.165, 1.54) is 12.8 Å². The highest BCUT2D eigenvalue weighted by molar-refractivity contribution is 5.99. The molecule has 1 unspecified atom stereocenters. The number of carbonyl (C=O) groups is 1. The van der Waals surface area contributed by atoms with Crippen molar-refractivity contribution in [3.8, 4) is 0 Å². The highest BCUT2D eigenvalue weighted by atomic mass is 16.5. The van der Waals surface area contributed by atoms with Gasteiger partial charge in [0.2, 0.25) is 0 Å². The molecule has 0 radical (unpaired) electrons. The van der Waals surface area contributed by atoms with Crippen LogP contribution < -0.4 is 10.2 Å². The number of nitrogens with one attached hydrogen (secondary N) is 1. The average Bonchev–Trinajstić information content (AvgIpc) is 3.16. The normalized spacial score (nSPS) is 16.2. The first-order valence-electron chi connectivity index (χ1n) is 7.58. The maximum Gasteiger partial charge on any atom is 0.257 e. The van der Waals surface area contributed by atoms with Crippen LogP contribution in [0.4, 0.5) is 5.82 Å². The molecule has 7 nitrogen and oxygen atoms in total. The first kappa shape index (κ1) is 14.8. The molecule has 1 aliphatic rings. The fourth-order valence-corrected chi connectivity index (χ4v) is 2.74. The quantitative estimate of drug-likeness (QED) is 0.895. The number of methoxy groups -OCH3 is 1. The van der Waals surface area contributed by atoms with Gasteiger partial charge in [-0.2, -0.15) is 5.10 Å².